The van der Waals surface area contributed by atoms with Gasteiger partial charge < -0.3 is 5.73 Å². The maximum absolute atomic E-state index is 10.6. The molecule has 74 valence electrons. The number of carbonyl (C=O) groups excluding carboxylic acids is 1. The Morgan fingerprint density at radius 3 is 2.86 bits per heavy atom. The number of carbonyl (C=O) groups is 1. The average molecular weight is 190 g/mol. The van der Waals surface area contributed by atoms with Crippen LogP contribution < -0.4 is 5.73 Å². The van der Waals surface area contributed by atoms with E-state index in [1.54, 1.807) is 12.3 Å². The third kappa shape index (κ3) is 2.69. The van der Waals surface area contributed by atoms with Gasteiger partial charge in [-0.2, -0.15) is 0 Å². The second-order valence-corrected chi connectivity index (χ2v) is 3.37. The third-order valence-corrected chi connectivity index (χ3v) is 1.90. The fraction of sp³-hybridized carbons (Fsp3) is 0.273. The van der Waals surface area contributed by atoms with Gasteiger partial charge in [-0.1, -0.05) is 19.9 Å². The molecule has 1 aromatic heterocycles. The Hall–Kier alpha value is -1.64. The van der Waals surface area contributed by atoms with Gasteiger partial charge in [0.25, 0.3) is 0 Å². The summed E-state index contributed by atoms with van der Waals surface area (Å²) >= 11 is 0. The number of primary amides is 1. The van der Waals surface area contributed by atoms with Crippen LogP contribution in [-0.4, -0.2) is 10.9 Å². The lowest BCUT2D eigenvalue weighted by Gasteiger charge is -2.07. The van der Waals surface area contributed by atoms with Crippen LogP contribution in [0.4, 0.5) is 0 Å². The Labute approximate surface area is 83.7 Å². The van der Waals surface area contributed by atoms with Gasteiger partial charge in [-0.3, -0.25) is 9.78 Å². The van der Waals surface area contributed by atoms with E-state index in [0.29, 0.717) is 5.92 Å². The predicted molar refractivity (Wildman–Crippen MR) is 56.6 cm³/mol. The van der Waals surface area contributed by atoms with Gasteiger partial charge in [0.1, 0.15) is 0 Å². The molecule has 0 bridgehead atoms. The van der Waals surface area contributed by atoms with Crippen LogP contribution in [0.3, 0.4) is 0 Å². The van der Waals surface area contributed by atoms with Crippen molar-refractivity contribution in [3.8, 4) is 0 Å². The molecule has 0 aliphatic rings. The molecule has 0 fully saturated rings. The van der Waals surface area contributed by atoms with Crippen LogP contribution >= 0.6 is 0 Å². The number of amides is 1. The molecular formula is C11H14N2O. The number of nitrogens with two attached hydrogens (primary N) is 1. The van der Waals surface area contributed by atoms with Crippen molar-refractivity contribution in [1.29, 1.82) is 0 Å². The van der Waals surface area contributed by atoms with Crippen molar-refractivity contribution < 1.29 is 4.79 Å². The molecule has 1 aromatic rings. The Balaban J connectivity index is 3.01. The SMILES string of the molecule is CC(C)c1cccnc1/C=C/C(N)=O. The van der Waals surface area contributed by atoms with Crippen molar-refractivity contribution in [2.45, 2.75) is 19.8 Å². The quantitative estimate of drug-likeness (QED) is 0.737. The molecule has 0 aromatic carbocycles. The zero-order valence-electron chi connectivity index (χ0n) is 8.40. The predicted octanol–water partition coefficient (Wildman–Crippen LogP) is 1.70. The van der Waals surface area contributed by atoms with Gasteiger partial charge in [0, 0.05) is 12.3 Å². The number of pyridine rings is 1. The van der Waals surface area contributed by atoms with E-state index in [1.165, 1.54) is 6.08 Å². The number of aromatic nitrogens is 1. The van der Waals surface area contributed by atoms with Gasteiger partial charge in [0.05, 0.1) is 5.69 Å². The first kappa shape index (κ1) is 10.4. The maximum atomic E-state index is 10.6. The molecule has 0 aliphatic carbocycles. The van der Waals surface area contributed by atoms with Crippen LogP contribution in [-0.2, 0) is 4.79 Å². The average Bonchev–Trinajstić information content (AvgIpc) is 2.15. The lowest BCUT2D eigenvalue weighted by atomic mass is 10.0. The van der Waals surface area contributed by atoms with Gasteiger partial charge in [-0.15, -0.1) is 0 Å². The normalized spacial score (nSPS) is 11.1. The van der Waals surface area contributed by atoms with Gasteiger partial charge in [-0.05, 0) is 23.6 Å². The molecule has 0 aliphatic heterocycles. The largest absolute Gasteiger partial charge is 0.366 e. The van der Waals surface area contributed by atoms with E-state index < -0.39 is 5.91 Å². The number of hydrogen-bond acceptors (Lipinski definition) is 2. The van der Waals surface area contributed by atoms with E-state index in [1.807, 2.05) is 12.1 Å². The standard InChI is InChI=1S/C11H14N2O/c1-8(2)9-4-3-7-13-10(9)5-6-11(12)14/h3-8H,1-2H3,(H2,12,14)/b6-5+. The monoisotopic (exact) mass is 190 g/mol. The molecular weight excluding hydrogens is 176 g/mol. The summed E-state index contributed by atoms with van der Waals surface area (Å²) in [6.07, 6.45) is 4.68. The second kappa shape index (κ2) is 4.56. The summed E-state index contributed by atoms with van der Waals surface area (Å²) in [6, 6.07) is 3.88. The molecule has 2 N–H and O–H groups in total. The zero-order valence-corrected chi connectivity index (χ0v) is 8.40. The highest BCUT2D eigenvalue weighted by atomic mass is 16.1. The Morgan fingerprint density at radius 1 is 1.57 bits per heavy atom. The molecule has 0 spiro atoms. The van der Waals surface area contributed by atoms with Crippen LogP contribution in [0.2, 0.25) is 0 Å². The first-order valence-corrected chi connectivity index (χ1v) is 4.53. The Kier molecular flexibility index (Phi) is 3.40. The minimum absolute atomic E-state index is 0.385. The van der Waals surface area contributed by atoms with Crippen LogP contribution in [0.25, 0.3) is 6.08 Å². The lowest BCUT2D eigenvalue weighted by molar-refractivity contribution is -0.113. The molecule has 1 heterocycles. The Bertz CT molecular complexity index is 356. The third-order valence-electron chi connectivity index (χ3n) is 1.90. The highest BCUT2D eigenvalue weighted by molar-refractivity contribution is 5.90. The fourth-order valence-electron chi connectivity index (χ4n) is 1.22. The number of nitrogens with zero attached hydrogens (tertiary/aromatic N) is 1. The zero-order chi connectivity index (χ0) is 10.6. The topological polar surface area (TPSA) is 56.0 Å². The van der Waals surface area contributed by atoms with E-state index in [0.717, 1.165) is 11.3 Å². The lowest BCUT2D eigenvalue weighted by Crippen LogP contribution is -2.05. The Morgan fingerprint density at radius 2 is 2.29 bits per heavy atom. The summed E-state index contributed by atoms with van der Waals surface area (Å²) in [5.74, 6) is -0.0680. The molecule has 14 heavy (non-hydrogen) atoms. The minimum Gasteiger partial charge on any atom is -0.366 e. The number of rotatable bonds is 3. The molecule has 0 saturated heterocycles. The van der Waals surface area contributed by atoms with Crippen LogP contribution in [0.5, 0.6) is 0 Å². The highest BCUT2D eigenvalue weighted by Crippen LogP contribution is 2.17. The first-order chi connectivity index (χ1) is 6.61. The second-order valence-electron chi connectivity index (χ2n) is 3.37. The fourth-order valence-corrected chi connectivity index (χ4v) is 1.22. The highest BCUT2D eigenvalue weighted by Gasteiger charge is 2.03. The van der Waals surface area contributed by atoms with E-state index in [4.69, 9.17) is 5.73 Å². The summed E-state index contributed by atoms with van der Waals surface area (Å²) in [7, 11) is 0. The molecule has 3 nitrogen and oxygen atoms in total. The molecule has 0 radical (unpaired) electrons. The van der Waals surface area contributed by atoms with Crippen molar-refractivity contribution in [3.63, 3.8) is 0 Å². The first-order valence-electron chi connectivity index (χ1n) is 4.53. The number of hydrogen-bond donors (Lipinski definition) is 1. The van der Waals surface area contributed by atoms with E-state index in [9.17, 15) is 4.79 Å². The van der Waals surface area contributed by atoms with Crippen molar-refractivity contribution in [2.24, 2.45) is 5.73 Å². The summed E-state index contributed by atoms with van der Waals surface area (Å²) in [6.45, 7) is 4.16. The van der Waals surface area contributed by atoms with Gasteiger partial charge in [0.15, 0.2) is 0 Å². The van der Waals surface area contributed by atoms with Crippen LogP contribution in [0, 0.1) is 0 Å². The molecule has 0 saturated carbocycles. The van der Waals surface area contributed by atoms with Crippen LogP contribution in [0.15, 0.2) is 24.4 Å². The van der Waals surface area contributed by atoms with E-state index in [2.05, 4.69) is 18.8 Å². The van der Waals surface area contributed by atoms with Crippen molar-refractivity contribution in [2.75, 3.05) is 0 Å². The van der Waals surface area contributed by atoms with E-state index in [-0.39, 0.29) is 0 Å². The molecule has 1 rings (SSSR count). The van der Waals surface area contributed by atoms with Gasteiger partial charge in [-0.25, -0.2) is 0 Å². The van der Waals surface area contributed by atoms with Crippen LogP contribution in [0.1, 0.15) is 31.0 Å². The molecule has 0 unspecified atom stereocenters. The van der Waals surface area contributed by atoms with Crippen molar-refractivity contribution in [1.82, 2.24) is 4.98 Å². The summed E-state index contributed by atoms with van der Waals surface area (Å²) in [5.41, 5.74) is 6.94. The summed E-state index contributed by atoms with van der Waals surface area (Å²) < 4.78 is 0. The smallest absolute Gasteiger partial charge is 0.241 e. The molecule has 1 amide bonds. The van der Waals surface area contributed by atoms with Crippen molar-refractivity contribution >= 4 is 12.0 Å². The summed E-state index contributed by atoms with van der Waals surface area (Å²) in [4.78, 5) is 14.7. The van der Waals surface area contributed by atoms with Gasteiger partial charge >= 0.3 is 0 Å². The van der Waals surface area contributed by atoms with E-state index >= 15 is 0 Å². The van der Waals surface area contributed by atoms with Gasteiger partial charge in [0.2, 0.25) is 5.91 Å². The molecule has 0 atom stereocenters. The van der Waals surface area contributed by atoms with Crippen molar-refractivity contribution in [3.05, 3.63) is 35.7 Å². The minimum atomic E-state index is -0.453. The summed E-state index contributed by atoms with van der Waals surface area (Å²) in [5, 5.41) is 0. The molecule has 3 heteroatoms. The maximum Gasteiger partial charge on any atom is 0.241 e.